The molecule has 1 saturated heterocycles. The third kappa shape index (κ3) is 3.29. The van der Waals surface area contributed by atoms with Crippen molar-refractivity contribution in [2.75, 3.05) is 20.3 Å². The summed E-state index contributed by atoms with van der Waals surface area (Å²) in [5.41, 5.74) is -1.15. The molecule has 1 aromatic rings. The van der Waals surface area contributed by atoms with Crippen molar-refractivity contribution in [1.29, 1.82) is 0 Å². The van der Waals surface area contributed by atoms with Crippen LogP contribution in [0.2, 0.25) is 0 Å². The highest BCUT2D eigenvalue weighted by molar-refractivity contribution is 5.89. The number of nitrogens with one attached hydrogen (secondary N) is 1. The van der Waals surface area contributed by atoms with E-state index in [2.05, 4.69) is 4.98 Å². The summed E-state index contributed by atoms with van der Waals surface area (Å²) in [6.45, 7) is 2.35. The van der Waals surface area contributed by atoms with Gasteiger partial charge < -0.3 is 14.2 Å². The first kappa shape index (κ1) is 15.6. The number of ketones is 1. The Morgan fingerprint density at radius 1 is 1.33 bits per heavy atom. The molecule has 0 bridgehead atoms. The van der Waals surface area contributed by atoms with Gasteiger partial charge in [0.15, 0.2) is 18.1 Å². The molecule has 0 radical (unpaired) electrons. The Kier molecular flexibility index (Phi) is 5.05. The second-order valence-corrected chi connectivity index (χ2v) is 4.63. The van der Waals surface area contributed by atoms with E-state index < -0.39 is 29.7 Å². The maximum atomic E-state index is 12.2. The summed E-state index contributed by atoms with van der Waals surface area (Å²) >= 11 is 0. The van der Waals surface area contributed by atoms with Crippen LogP contribution >= 0.6 is 0 Å². The summed E-state index contributed by atoms with van der Waals surface area (Å²) in [5.74, 6) is -0.211. The van der Waals surface area contributed by atoms with Crippen molar-refractivity contribution >= 4 is 5.78 Å². The van der Waals surface area contributed by atoms with E-state index in [4.69, 9.17) is 14.2 Å². The lowest BCUT2D eigenvalue weighted by atomic mass is 10.1. The molecule has 0 aliphatic carbocycles. The number of aromatic amines is 1. The number of Topliss-reactive ketones (excluding diaryl/α,β-unsaturated/α-hetero) is 1. The van der Waals surface area contributed by atoms with E-state index in [-0.39, 0.29) is 12.4 Å². The summed E-state index contributed by atoms with van der Waals surface area (Å²) in [7, 11) is 1.52. The Balaban J connectivity index is 2.27. The molecule has 0 spiro atoms. The van der Waals surface area contributed by atoms with Crippen LogP contribution in [0.3, 0.4) is 0 Å². The number of aromatic nitrogens is 2. The van der Waals surface area contributed by atoms with Crippen LogP contribution in [-0.2, 0) is 19.0 Å². The van der Waals surface area contributed by atoms with Crippen LogP contribution in [0.1, 0.15) is 19.6 Å². The lowest BCUT2D eigenvalue weighted by Crippen LogP contribution is -2.37. The molecule has 3 atom stereocenters. The van der Waals surface area contributed by atoms with Gasteiger partial charge in [0.05, 0.1) is 13.2 Å². The lowest BCUT2D eigenvalue weighted by Gasteiger charge is -2.19. The number of hydrogen-bond acceptors (Lipinski definition) is 6. The maximum Gasteiger partial charge on any atom is 0.330 e. The maximum absolute atomic E-state index is 12.2. The Bertz CT molecular complexity index is 607. The van der Waals surface area contributed by atoms with Crippen LogP contribution in [0.25, 0.3) is 0 Å². The lowest BCUT2D eigenvalue weighted by molar-refractivity contribution is -0.130. The zero-order valence-electron chi connectivity index (χ0n) is 11.9. The van der Waals surface area contributed by atoms with Crippen molar-refractivity contribution in [1.82, 2.24) is 9.55 Å². The van der Waals surface area contributed by atoms with Crippen molar-refractivity contribution in [3.05, 3.63) is 33.1 Å². The molecular weight excluding hydrogens is 280 g/mol. The molecule has 0 unspecified atom stereocenters. The first-order chi connectivity index (χ1) is 10.1. The number of ether oxygens (including phenoxy) is 3. The first-order valence-corrected chi connectivity index (χ1v) is 6.69. The quantitative estimate of drug-likeness (QED) is 0.707. The molecule has 1 aliphatic rings. The fourth-order valence-corrected chi connectivity index (χ4v) is 2.19. The summed E-state index contributed by atoms with van der Waals surface area (Å²) in [6, 6.07) is 1.20. The van der Waals surface area contributed by atoms with Crippen molar-refractivity contribution in [2.24, 2.45) is 0 Å². The topological polar surface area (TPSA) is 99.6 Å². The fraction of sp³-hybridized carbons (Fsp3) is 0.615. The highest BCUT2D eigenvalue weighted by Gasteiger charge is 2.44. The van der Waals surface area contributed by atoms with Crippen LogP contribution in [0.15, 0.2) is 21.9 Å². The van der Waals surface area contributed by atoms with Crippen molar-refractivity contribution in [3.63, 3.8) is 0 Å². The molecule has 2 heterocycles. The van der Waals surface area contributed by atoms with Crippen LogP contribution < -0.4 is 11.2 Å². The van der Waals surface area contributed by atoms with Gasteiger partial charge in [0, 0.05) is 19.4 Å². The third-order valence-corrected chi connectivity index (χ3v) is 3.24. The summed E-state index contributed by atoms with van der Waals surface area (Å²) in [5, 5.41) is 0. The Labute approximate surface area is 120 Å². The zero-order valence-corrected chi connectivity index (χ0v) is 11.9. The van der Waals surface area contributed by atoms with E-state index in [1.54, 1.807) is 0 Å². The van der Waals surface area contributed by atoms with E-state index in [0.29, 0.717) is 13.0 Å². The number of H-pyrrole nitrogens is 1. The number of carbonyl (C=O) groups excluding carboxylic acids is 1. The second-order valence-electron chi connectivity index (χ2n) is 4.63. The van der Waals surface area contributed by atoms with Gasteiger partial charge in [-0.15, -0.1) is 0 Å². The van der Waals surface area contributed by atoms with Gasteiger partial charge in [-0.25, -0.2) is 4.79 Å². The summed E-state index contributed by atoms with van der Waals surface area (Å²) in [6.07, 6.45) is -0.625. The molecule has 21 heavy (non-hydrogen) atoms. The van der Waals surface area contributed by atoms with E-state index in [1.807, 2.05) is 6.92 Å². The van der Waals surface area contributed by atoms with Gasteiger partial charge in [-0.05, 0) is 6.42 Å². The molecule has 1 aliphatic heterocycles. The number of carbonyl (C=O) groups is 1. The largest absolute Gasteiger partial charge is 0.382 e. The van der Waals surface area contributed by atoms with Gasteiger partial charge >= 0.3 is 5.69 Å². The number of methoxy groups -OCH3 is 1. The van der Waals surface area contributed by atoms with Gasteiger partial charge in [0.25, 0.3) is 5.56 Å². The smallest absolute Gasteiger partial charge is 0.330 e. The SMILES string of the molecule is CC[C@H]1O[C@@H](n2ccc(=O)[nH]c2=O)[C@H](OCCOC)C1=O. The second kappa shape index (κ2) is 6.79. The minimum Gasteiger partial charge on any atom is -0.382 e. The normalized spacial score (nSPS) is 25.4. The van der Waals surface area contributed by atoms with Crippen LogP contribution in [0.4, 0.5) is 0 Å². The van der Waals surface area contributed by atoms with Gasteiger partial charge in [-0.1, -0.05) is 6.92 Å². The molecule has 2 rings (SSSR count). The van der Waals surface area contributed by atoms with Gasteiger partial charge in [0.2, 0.25) is 0 Å². The number of nitrogens with zero attached hydrogens (tertiary/aromatic N) is 1. The highest BCUT2D eigenvalue weighted by atomic mass is 16.6. The number of hydrogen-bond donors (Lipinski definition) is 1. The van der Waals surface area contributed by atoms with E-state index in [1.165, 1.54) is 19.4 Å². The molecule has 8 nitrogen and oxygen atoms in total. The van der Waals surface area contributed by atoms with Crippen molar-refractivity contribution in [3.8, 4) is 0 Å². The molecule has 116 valence electrons. The fourth-order valence-electron chi connectivity index (χ4n) is 2.19. The molecule has 8 heteroatoms. The average molecular weight is 298 g/mol. The van der Waals surface area contributed by atoms with E-state index in [9.17, 15) is 14.4 Å². The zero-order chi connectivity index (χ0) is 15.4. The van der Waals surface area contributed by atoms with Gasteiger partial charge in [0.1, 0.15) is 6.10 Å². The van der Waals surface area contributed by atoms with E-state index in [0.717, 1.165) is 4.57 Å². The Morgan fingerprint density at radius 3 is 2.71 bits per heavy atom. The summed E-state index contributed by atoms with van der Waals surface area (Å²) < 4.78 is 17.1. The van der Waals surface area contributed by atoms with Gasteiger partial charge in [-0.2, -0.15) is 0 Å². The Morgan fingerprint density at radius 2 is 2.10 bits per heavy atom. The predicted octanol–water partition coefficient (Wildman–Crippen LogP) is -0.555. The minimum atomic E-state index is -0.895. The first-order valence-electron chi connectivity index (χ1n) is 6.69. The molecule has 0 amide bonds. The average Bonchev–Trinajstić information content (AvgIpc) is 2.76. The third-order valence-electron chi connectivity index (χ3n) is 3.24. The standard InChI is InChI=1S/C13H18N2O6/c1-3-8-10(17)11(20-7-6-19-2)12(21-8)15-5-4-9(16)14-13(15)18/h4-5,8,11-12H,3,6-7H2,1-2H3,(H,14,16,18)/t8-,11-,12-/m1/s1. The molecule has 1 fully saturated rings. The van der Waals surface area contributed by atoms with Crippen LogP contribution in [0.5, 0.6) is 0 Å². The highest BCUT2D eigenvalue weighted by Crippen LogP contribution is 2.28. The number of rotatable bonds is 6. The van der Waals surface area contributed by atoms with E-state index >= 15 is 0 Å². The van der Waals surface area contributed by atoms with Gasteiger partial charge in [-0.3, -0.25) is 19.1 Å². The minimum absolute atomic E-state index is 0.210. The predicted molar refractivity (Wildman–Crippen MR) is 72.1 cm³/mol. The van der Waals surface area contributed by atoms with Crippen molar-refractivity contribution in [2.45, 2.75) is 31.8 Å². The molecule has 0 saturated carbocycles. The molecule has 0 aromatic carbocycles. The molecule has 1 N–H and O–H groups in total. The van der Waals surface area contributed by atoms with Crippen LogP contribution in [-0.4, -0.2) is 47.9 Å². The summed E-state index contributed by atoms with van der Waals surface area (Å²) in [4.78, 5) is 37.3. The van der Waals surface area contributed by atoms with Crippen molar-refractivity contribution < 1.29 is 19.0 Å². The van der Waals surface area contributed by atoms with Crippen LogP contribution in [0, 0.1) is 0 Å². The monoisotopic (exact) mass is 298 g/mol. The Hall–Kier alpha value is -1.77. The molecular formula is C13H18N2O6. The molecule has 1 aromatic heterocycles.